The van der Waals surface area contributed by atoms with E-state index in [9.17, 15) is 4.79 Å². The average molecular weight is 261 g/mol. The third-order valence-electron chi connectivity index (χ3n) is 3.95. The van der Waals surface area contributed by atoms with Crippen LogP contribution in [0.5, 0.6) is 0 Å². The second kappa shape index (κ2) is 7.32. The molecule has 1 aromatic rings. The van der Waals surface area contributed by atoms with Gasteiger partial charge in [0.15, 0.2) is 0 Å². The summed E-state index contributed by atoms with van der Waals surface area (Å²) >= 11 is 0. The standard InChI is InChI=1S/C17H27NO/c1-6-9-15(10-7-2)18(5)17(19)16-12-8-11-13(3)14(16)4/h8,11-12,15H,6-7,9-10H2,1-5H3. The Morgan fingerprint density at radius 2 is 1.74 bits per heavy atom. The van der Waals surface area contributed by atoms with Crippen molar-refractivity contribution >= 4 is 5.91 Å². The molecule has 0 N–H and O–H groups in total. The van der Waals surface area contributed by atoms with Crippen molar-refractivity contribution in [2.45, 2.75) is 59.4 Å². The highest BCUT2D eigenvalue weighted by Gasteiger charge is 2.21. The van der Waals surface area contributed by atoms with Crippen LogP contribution in [-0.2, 0) is 0 Å². The van der Waals surface area contributed by atoms with Crippen molar-refractivity contribution in [3.8, 4) is 0 Å². The molecule has 1 aromatic carbocycles. The van der Waals surface area contributed by atoms with Gasteiger partial charge in [-0.25, -0.2) is 0 Å². The quantitative estimate of drug-likeness (QED) is 0.745. The van der Waals surface area contributed by atoms with E-state index in [1.165, 1.54) is 5.56 Å². The molecule has 19 heavy (non-hydrogen) atoms. The topological polar surface area (TPSA) is 20.3 Å². The molecule has 0 bridgehead atoms. The van der Waals surface area contributed by atoms with Crippen LogP contribution in [0.2, 0.25) is 0 Å². The maximum absolute atomic E-state index is 12.6. The highest BCUT2D eigenvalue weighted by Crippen LogP contribution is 2.19. The third-order valence-corrected chi connectivity index (χ3v) is 3.95. The number of hydrogen-bond donors (Lipinski definition) is 0. The molecule has 1 rings (SSSR count). The van der Waals surface area contributed by atoms with Gasteiger partial charge < -0.3 is 4.90 Å². The summed E-state index contributed by atoms with van der Waals surface area (Å²) in [6.45, 7) is 8.45. The number of benzene rings is 1. The van der Waals surface area contributed by atoms with Crippen molar-refractivity contribution in [2.24, 2.45) is 0 Å². The lowest BCUT2D eigenvalue weighted by Crippen LogP contribution is -2.37. The Morgan fingerprint density at radius 3 is 2.26 bits per heavy atom. The molecule has 0 saturated carbocycles. The summed E-state index contributed by atoms with van der Waals surface area (Å²) in [4.78, 5) is 14.6. The fraction of sp³-hybridized carbons (Fsp3) is 0.588. The largest absolute Gasteiger partial charge is 0.339 e. The second-order valence-corrected chi connectivity index (χ2v) is 5.39. The van der Waals surface area contributed by atoms with Crippen molar-refractivity contribution in [1.82, 2.24) is 4.90 Å². The van der Waals surface area contributed by atoms with Crippen molar-refractivity contribution in [1.29, 1.82) is 0 Å². The molecule has 0 saturated heterocycles. The molecule has 106 valence electrons. The minimum Gasteiger partial charge on any atom is -0.339 e. The van der Waals surface area contributed by atoms with E-state index in [2.05, 4.69) is 26.8 Å². The van der Waals surface area contributed by atoms with Gasteiger partial charge in [-0.2, -0.15) is 0 Å². The Bertz CT molecular complexity index is 419. The fourth-order valence-electron chi connectivity index (χ4n) is 2.54. The van der Waals surface area contributed by atoms with E-state index in [0.717, 1.165) is 36.8 Å². The Hall–Kier alpha value is -1.31. The third kappa shape index (κ3) is 3.82. The molecule has 0 heterocycles. The van der Waals surface area contributed by atoms with Crippen molar-refractivity contribution in [3.05, 3.63) is 34.9 Å². The molecule has 0 aliphatic heterocycles. The normalized spacial score (nSPS) is 10.8. The number of carbonyl (C=O) groups excluding carboxylic acids is 1. The van der Waals surface area contributed by atoms with Gasteiger partial charge in [-0.05, 0) is 43.9 Å². The molecular weight excluding hydrogens is 234 g/mol. The first-order valence-corrected chi connectivity index (χ1v) is 7.36. The summed E-state index contributed by atoms with van der Waals surface area (Å²) in [7, 11) is 1.94. The first-order chi connectivity index (χ1) is 9.02. The minimum absolute atomic E-state index is 0.160. The molecule has 0 atom stereocenters. The predicted octanol–water partition coefficient (Wildman–Crippen LogP) is 4.34. The smallest absolute Gasteiger partial charge is 0.254 e. The summed E-state index contributed by atoms with van der Waals surface area (Å²) in [5.41, 5.74) is 3.13. The van der Waals surface area contributed by atoms with E-state index in [-0.39, 0.29) is 5.91 Å². The maximum Gasteiger partial charge on any atom is 0.254 e. The molecule has 0 unspecified atom stereocenters. The van der Waals surface area contributed by atoms with Crippen molar-refractivity contribution < 1.29 is 4.79 Å². The Kier molecular flexibility index (Phi) is 6.07. The molecule has 0 radical (unpaired) electrons. The van der Waals surface area contributed by atoms with Gasteiger partial charge >= 0.3 is 0 Å². The molecule has 0 aliphatic carbocycles. The first kappa shape index (κ1) is 15.7. The molecule has 2 nitrogen and oxygen atoms in total. The van der Waals surface area contributed by atoms with Crippen LogP contribution in [0.4, 0.5) is 0 Å². The van der Waals surface area contributed by atoms with E-state index < -0.39 is 0 Å². The fourth-order valence-corrected chi connectivity index (χ4v) is 2.54. The van der Waals surface area contributed by atoms with Gasteiger partial charge in [-0.1, -0.05) is 38.8 Å². The second-order valence-electron chi connectivity index (χ2n) is 5.39. The van der Waals surface area contributed by atoms with Crippen LogP contribution in [-0.4, -0.2) is 23.9 Å². The Balaban J connectivity index is 2.94. The zero-order valence-corrected chi connectivity index (χ0v) is 13.0. The van der Waals surface area contributed by atoms with Crippen LogP contribution in [0, 0.1) is 13.8 Å². The number of nitrogens with zero attached hydrogens (tertiary/aromatic N) is 1. The van der Waals surface area contributed by atoms with Crippen LogP contribution >= 0.6 is 0 Å². The lowest BCUT2D eigenvalue weighted by molar-refractivity contribution is 0.0713. The Morgan fingerprint density at radius 1 is 1.16 bits per heavy atom. The molecule has 0 aliphatic rings. The predicted molar refractivity (Wildman–Crippen MR) is 81.6 cm³/mol. The highest BCUT2D eigenvalue weighted by molar-refractivity contribution is 5.96. The number of hydrogen-bond acceptors (Lipinski definition) is 1. The summed E-state index contributed by atoms with van der Waals surface area (Å²) in [6.07, 6.45) is 4.41. The van der Waals surface area contributed by atoms with Crippen LogP contribution in [0.3, 0.4) is 0 Å². The first-order valence-electron chi connectivity index (χ1n) is 7.36. The van der Waals surface area contributed by atoms with E-state index in [4.69, 9.17) is 0 Å². The molecular formula is C17H27NO. The number of rotatable bonds is 6. The molecule has 2 heteroatoms. The van der Waals surface area contributed by atoms with Gasteiger partial charge in [-0.3, -0.25) is 4.79 Å². The molecule has 0 spiro atoms. The van der Waals surface area contributed by atoms with Gasteiger partial charge in [-0.15, -0.1) is 0 Å². The summed E-state index contributed by atoms with van der Waals surface area (Å²) < 4.78 is 0. The molecule has 0 fully saturated rings. The van der Waals surface area contributed by atoms with Crippen molar-refractivity contribution in [2.75, 3.05) is 7.05 Å². The zero-order chi connectivity index (χ0) is 14.4. The van der Waals surface area contributed by atoms with Gasteiger partial charge in [0.2, 0.25) is 0 Å². The van der Waals surface area contributed by atoms with Crippen molar-refractivity contribution in [3.63, 3.8) is 0 Å². The lowest BCUT2D eigenvalue weighted by atomic mass is 10.00. The molecule has 0 aromatic heterocycles. The summed E-state index contributed by atoms with van der Waals surface area (Å²) in [5, 5.41) is 0. The van der Waals surface area contributed by atoms with Gasteiger partial charge in [0.05, 0.1) is 0 Å². The number of amides is 1. The van der Waals surface area contributed by atoms with Crippen LogP contribution in [0.25, 0.3) is 0 Å². The van der Waals surface area contributed by atoms with Gasteiger partial charge in [0.1, 0.15) is 0 Å². The highest BCUT2D eigenvalue weighted by atomic mass is 16.2. The van der Waals surface area contributed by atoms with Gasteiger partial charge in [0, 0.05) is 18.7 Å². The Labute approximate surface area is 117 Å². The maximum atomic E-state index is 12.6. The van der Waals surface area contributed by atoms with Crippen LogP contribution in [0.15, 0.2) is 18.2 Å². The zero-order valence-electron chi connectivity index (χ0n) is 13.0. The van der Waals surface area contributed by atoms with Crippen LogP contribution < -0.4 is 0 Å². The monoisotopic (exact) mass is 261 g/mol. The minimum atomic E-state index is 0.160. The summed E-state index contributed by atoms with van der Waals surface area (Å²) in [5.74, 6) is 0.160. The van der Waals surface area contributed by atoms with E-state index in [0.29, 0.717) is 6.04 Å². The summed E-state index contributed by atoms with van der Waals surface area (Å²) in [6, 6.07) is 6.33. The van der Waals surface area contributed by atoms with E-state index in [1.807, 2.05) is 31.0 Å². The van der Waals surface area contributed by atoms with E-state index in [1.54, 1.807) is 0 Å². The van der Waals surface area contributed by atoms with Gasteiger partial charge in [0.25, 0.3) is 5.91 Å². The number of aryl methyl sites for hydroxylation is 1. The SMILES string of the molecule is CCCC(CCC)N(C)C(=O)c1cccc(C)c1C. The van der Waals surface area contributed by atoms with E-state index >= 15 is 0 Å². The molecule has 1 amide bonds. The number of carbonyl (C=O) groups is 1. The lowest BCUT2D eigenvalue weighted by Gasteiger charge is -2.28. The van der Waals surface area contributed by atoms with Crippen LogP contribution in [0.1, 0.15) is 61.0 Å². The average Bonchev–Trinajstić information content (AvgIpc) is 2.40.